The van der Waals surface area contributed by atoms with Gasteiger partial charge in [-0.2, -0.15) is 5.26 Å². The number of ether oxygens (including phenoxy) is 1. The average Bonchev–Trinajstić information content (AvgIpc) is 1.85. The molecule has 58 valence electrons. The predicted octanol–water partition coefficient (Wildman–Crippen LogP) is -0.176. The normalized spacial score (nSPS) is 7.20. The Labute approximate surface area is 65.4 Å². The van der Waals surface area contributed by atoms with Crippen molar-refractivity contribution in [3.8, 4) is 6.07 Å². The van der Waals surface area contributed by atoms with Gasteiger partial charge in [0.1, 0.15) is 6.07 Å². The minimum Gasteiger partial charge on any atom is -0.450 e. The summed E-state index contributed by atoms with van der Waals surface area (Å²) in [7, 11) is 0. The highest BCUT2D eigenvalue weighted by Crippen LogP contribution is 1.81. The Bertz CT molecular complexity index is 132. The third-order valence-corrected chi connectivity index (χ3v) is 0.646. The number of halogens is 1. The van der Waals surface area contributed by atoms with Gasteiger partial charge in [-0.05, 0) is 0 Å². The van der Waals surface area contributed by atoms with Gasteiger partial charge in [-0.25, -0.2) is 0 Å². The summed E-state index contributed by atoms with van der Waals surface area (Å²) in [4.78, 5) is 10.3. The van der Waals surface area contributed by atoms with Gasteiger partial charge in [0.2, 0.25) is 0 Å². The van der Waals surface area contributed by atoms with Crippen molar-refractivity contribution in [3.05, 3.63) is 0 Å². The largest absolute Gasteiger partial charge is 0.450 e. The predicted molar refractivity (Wildman–Crippen MR) is 37.5 cm³/mol. The second-order valence-corrected chi connectivity index (χ2v) is 1.36. The van der Waals surface area contributed by atoms with Crippen LogP contribution in [0.15, 0.2) is 0 Å². The van der Waals surface area contributed by atoms with Crippen molar-refractivity contribution < 1.29 is 9.53 Å². The first-order valence-corrected chi connectivity index (χ1v) is 2.54. The Morgan fingerprint density at radius 3 is 2.70 bits per heavy atom. The number of hydrogen-bond acceptors (Lipinski definition) is 4. The zero-order valence-electron chi connectivity index (χ0n) is 5.37. The molecule has 0 aliphatic carbocycles. The van der Waals surface area contributed by atoms with Gasteiger partial charge in [0.25, 0.3) is 0 Å². The zero-order chi connectivity index (χ0) is 7.11. The van der Waals surface area contributed by atoms with Crippen LogP contribution in [-0.2, 0) is 9.53 Å². The number of hydrogen-bond donors (Lipinski definition) is 1. The van der Waals surface area contributed by atoms with Gasteiger partial charge in [0, 0.05) is 6.54 Å². The Hall–Kier alpha value is -0.790. The second-order valence-electron chi connectivity index (χ2n) is 1.36. The molecule has 0 amide bonds. The second kappa shape index (κ2) is 8.21. The lowest BCUT2D eigenvalue weighted by Gasteiger charge is -1.94. The Morgan fingerprint density at radius 2 is 2.30 bits per heavy atom. The summed E-state index contributed by atoms with van der Waals surface area (Å²) in [6, 6.07) is 1.67. The standard InChI is InChI=1S/C5H8N2O2.ClH/c6-2-1-5(8)9-4-3-7;/h1-2,4,6H2;1H. The number of carbonyl (C=O) groups is 1. The fourth-order valence-electron chi connectivity index (χ4n) is 0.303. The third-order valence-electron chi connectivity index (χ3n) is 0.646. The number of nitriles is 1. The highest BCUT2D eigenvalue weighted by atomic mass is 35.5. The molecule has 0 aromatic carbocycles. The molecule has 0 bridgehead atoms. The van der Waals surface area contributed by atoms with Crippen molar-refractivity contribution in [1.29, 1.82) is 5.26 Å². The van der Waals surface area contributed by atoms with E-state index in [1.54, 1.807) is 6.07 Å². The molecular formula is C5H9ClN2O2. The van der Waals surface area contributed by atoms with Gasteiger partial charge in [-0.3, -0.25) is 4.79 Å². The van der Waals surface area contributed by atoms with Crippen LogP contribution in [0.5, 0.6) is 0 Å². The summed E-state index contributed by atoms with van der Waals surface area (Å²) in [5, 5.41) is 7.92. The quantitative estimate of drug-likeness (QED) is 0.588. The molecule has 0 fully saturated rings. The minimum atomic E-state index is -0.418. The van der Waals surface area contributed by atoms with Crippen molar-refractivity contribution in [1.82, 2.24) is 0 Å². The average molecular weight is 165 g/mol. The lowest BCUT2D eigenvalue weighted by atomic mass is 10.4. The summed E-state index contributed by atoms with van der Waals surface area (Å²) < 4.78 is 4.35. The summed E-state index contributed by atoms with van der Waals surface area (Å²) in [5.41, 5.74) is 5.02. The fraction of sp³-hybridized carbons (Fsp3) is 0.600. The molecule has 0 heterocycles. The summed E-state index contributed by atoms with van der Waals surface area (Å²) in [5.74, 6) is -0.418. The molecule has 10 heavy (non-hydrogen) atoms. The molecule has 0 aromatic rings. The van der Waals surface area contributed by atoms with Gasteiger partial charge in [0.05, 0.1) is 6.42 Å². The molecule has 0 saturated heterocycles. The van der Waals surface area contributed by atoms with Crippen LogP contribution in [0.25, 0.3) is 0 Å². The van der Waals surface area contributed by atoms with Gasteiger partial charge in [-0.1, -0.05) is 0 Å². The lowest BCUT2D eigenvalue weighted by Crippen LogP contribution is -2.10. The van der Waals surface area contributed by atoms with E-state index in [1.165, 1.54) is 0 Å². The molecular weight excluding hydrogens is 156 g/mol. The SMILES string of the molecule is Cl.N#CCOC(=O)CCN. The first-order valence-electron chi connectivity index (χ1n) is 2.54. The van der Waals surface area contributed by atoms with Crippen LogP contribution in [0, 0.1) is 11.3 Å². The van der Waals surface area contributed by atoms with Crippen LogP contribution in [0.1, 0.15) is 6.42 Å². The summed E-state index contributed by atoms with van der Waals surface area (Å²) >= 11 is 0. The van der Waals surface area contributed by atoms with Crippen molar-refractivity contribution in [2.24, 2.45) is 5.73 Å². The van der Waals surface area contributed by atoms with E-state index >= 15 is 0 Å². The van der Waals surface area contributed by atoms with Crippen LogP contribution in [0.4, 0.5) is 0 Å². The molecule has 4 nitrogen and oxygen atoms in total. The number of rotatable bonds is 3. The Morgan fingerprint density at radius 1 is 1.70 bits per heavy atom. The van der Waals surface area contributed by atoms with Crippen molar-refractivity contribution in [2.45, 2.75) is 6.42 Å². The molecule has 0 unspecified atom stereocenters. The molecule has 0 saturated carbocycles. The van der Waals surface area contributed by atoms with Gasteiger partial charge < -0.3 is 10.5 Å². The Balaban J connectivity index is 0. The molecule has 0 aliphatic rings. The molecule has 0 aromatic heterocycles. The van der Waals surface area contributed by atoms with E-state index in [9.17, 15) is 4.79 Å². The summed E-state index contributed by atoms with van der Waals surface area (Å²) in [6.07, 6.45) is 0.182. The van der Waals surface area contributed by atoms with Crippen molar-refractivity contribution in [3.63, 3.8) is 0 Å². The highest BCUT2D eigenvalue weighted by Gasteiger charge is 1.97. The molecule has 5 heteroatoms. The van der Waals surface area contributed by atoms with Crippen LogP contribution in [0.2, 0.25) is 0 Å². The van der Waals surface area contributed by atoms with Crippen LogP contribution < -0.4 is 5.73 Å². The minimum absolute atomic E-state index is 0. The monoisotopic (exact) mass is 164 g/mol. The molecule has 0 radical (unpaired) electrons. The zero-order valence-corrected chi connectivity index (χ0v) is 6.19. The molecule has 0 spiro atoms. The van der Waals surface area contributed by atoms with E-state index in [-0.39, 0.29) is 32.0 Å². The van der Waals surface area contributed by atoms with E-state index < -0.39 is 5.97 Å². The Kier molecular flexibility index (Phi) is 9.80. The summed E-state index contributed by atoms with van der Waals surface area (Å²) in [6.45, 7) is 0.0864. The van der Waals surface area contributed by atoms with Crippen LogP contribution >= 0.6 is 12.4 Å². The lowest BCUT2D eigenvalue weighted by molar-refractivity contribution is -0.141. The number of carbonyl (C=O) groups excluding carboxylic acids is 1. The number of nitrogens with two attached hydrogens (primary N) is 1. The first-order chi connectivity index (χ1) is 4.31. The van der Waals surface area contributed by atoms with Crippen molar-refractivity contribution in [2.75, 3.05) is 13.2 Å². The maximum Gasteiger partial charge on any atom is 0.308 e. The maximum atomic E-state index is 10.3. The van der Waals surface area contributed by atoms with Gasteiger partial charge in [0.15, 0.2) is 6.61 Å². The van der Waals surface area contributed by atoms with Gasteiger partial charge >= 0.3 is 5.97 Å². The van der Waals surface area contributed by atoms with E-state index in [0.717, 1.165) is 0 Å². The number of nitrogens with zero attached hydrogens (tertiary/aromatic N) is 1. The molecule has 0 rings (SSSR count). The van der Waals surface area contributed by atoms with E-state index in [0.29, 0.717) is 0 Å². The number of esters is 1. The molecule has 0 aliphatic heterocycles. The van der Waals surface area contributed by atoms with Crippen LogP contribution in [0.3, 0.4) is 0 Å². The van der Waals surface area contributed by atoms with Crippen molar-refractivity contribution >= 4 is 18.4 Å². The van der Waals surface area contributed by atoms with E-state index in [4.69, 9.17) is 11.0 Å². The van der Waals surface area contributed by atoms with Crippen LogP contribution in [-0.4, -0.2) is 19.1 Å². The topological polar surface area (TPSA) is 76.1 Å². The van der Waals surface area contributed by atoms with E-state index in [1.807, 2.05) is 0 Å². The maximum absolute atomic E-state index is 10.3. The third kappa shape index (κ3) is 7.21. The van der Waals surface area contributed by atoms with Gasteiger partial charge in [-0.15, -0.1) is 12.4 Å². The smallest absolute Gasteiger partial charge is 0.308 e. The fourth-order valence-corrected chi connectivity index (χ4v) is 0.303. The molecule has 0 atom stereocenters. The molecule has 2 N–H and O–H groups in total. The highest BCUT2D eigenvalue weighted by molar-refractivity contribution is 5.85. The first kappa shape index (κ1) is 11.9. The van der Waals surface area contributed by atoms with E-state index in [2.05, 4.69) is 4.74 Å².